The van der Waals surface area contributed by atoms with Crippen molar-refractivity contribution in [1.29, 1.82) is 5.41 Å². The van der Waals surface area contributed by atoms with Gasteiger partial charge < -0.3 is 11.1 Å². The maximum absolute atomic E-state index is 6.82. The number of hydrogen-bond acceptors (Lipinski definition) is 2. The summed E-state index contributed by atoms with van der Waals surface area (Å²) in [7, 11) is 0. The largest absolute Gasteiger partial charge is 0.384 e. The number of allylic oxidation sites excluding steroid dienone is 1. The van der Waals surface area contributed by atoms with Crippen molar-refractivity contribution >= 4 is 17.4 Å². The molecular formula is C6H10ClN3. The number of halogens is 1. The molecule has 0 rings (SSSR count). The van der Waals surface area contributed by atoms with E-state index in [1.165, 1.54) is 6.08 Å². The molecule has 0 aromatic carbocycles. The summed E-state index contributed by atoms with van der Waals surface area (Å²) in [6, 6.07) is 0. The Morgan fingerprint density at radius 1 is 1.80 bits per heavy atom. The molecule has 56 valence electrons. The van der Waals surface area contributed by atoms with Crippen LogP contribution in [-0.2, 0) is 0 Å². The van der Waals surface area contributed by atoms with Crippen LogP contribution in [-0.4, -0.2) is 5.84 Å². The van der Waals surface area contributed by atoms with Crippen molar-refractivity contribution in [2.75, 3.05) is 0 Å². The molecule has 0 atom stereocenters. The Bertz CT molecular complexity index is 183. The molecule has 3 nitrogen and oxygen atoms in total. The summed E-state index contributed by atoms with van der Waals surface area (Å²) in [5.74, 6) is -0.0845. The van der Waals surface area contributed by atoms with Crippen molar-refractivity contribution in [2.45, 2.75) is 6.92 Å². The summed E-state index contributed by atoms with van der Waals surface area (Å²) in [5.41, 5.74) is 5.73. The molecule has 0 radical (unpaired) electrons. The average Bonchev–Trinajstić information content (AvgIpc) is 1.58. The molecule has 0 aliphatic heterocycles. The lowest BCUT2D eigenvalue weighted by atomic mass is 10.5. The molecule has 0 saturated carbocycles. The highest BCUT2D eigenvalue weighted by Gasteiger charge is 1.89. The fraction of sp³-hybridized carbons (Fsp3) is 0.167. The number of rotatable bonds is 3. The van der Waals surface area contributed by atoms with Gasteiger partial charge in [-0.1, -0.05) is 18.2 Å². The van der Waals surface area contributed by atoms with E-state index in [4.69, 9.17) is 22.7 Å². The van der Waals surface area contributed by atoms with E-state index in [1.54, 1.807) is 6.92 Å². The highest BCUT2D eigenvalue weighted by Crippen LogP contribution is 1.97. The van der Waals surface area contributed by atoms with Crippen molar-refractivity contribution in [2.24, 2.45) is 5.73 Å². The van der Waals surface area contributed by atoms with E-state index < -0.39 is 0 Å². The molecule has 10 heavy (non-hydrogen) atoms. The van der Waals surface area contributed by atoms with E-state index in [1.807, 2.05) is 0 Å². The van der Waals surface area contributed by atoms with Gasteiger partial charge in [0.05, 0.1) is 0 Å². The van der Waals surface area contributed by atoms with Crippen molar-refractivity contribution in [3.05, 3.63) is 23.5 Å². The molecule has 0 unspecified atom stereocenters. The molecule has 0 aromatic rings. The number of hydrogen-bond donors (Lipinski definition) is 3. The minimum absolute atomic E-state index is 0.0845. The van der Waals surface area contributed by atoms with Gasteiger partial charge in [-0.25, -0.2) is 0 Å². The quantitative estimate of drug-likeness (QED) is 0.328. The Hall–Kier alpha value is -0.960. The average molecular weight is 160 g/mol. The third-order valence-electron chi connectivity index (χ3n) is 0.615. The molecular weight excluding hydrogens is 150 g/mol. The van der Waals surface area contributed by atoms with Gasteiger partial charge in [-0.3, -0.25) is 5.41 Å². The summed E-state index contributed by atoms with van der Waals surface area (Å²) < 4.78 is 0. The van der Waals surface area contributed by atoms with Gasteiger partial charge in [-0.2, -0.15) is 0 Å². The van der Waals surface area contributed by atoms with Crippen LogP contribution in [0.3, 0.4) is 0 Å². The maximum Gasteiger partial charge on any atom is 0.118 e. The molecule has 0 bridgehead atoms. The first-order valence-electron chi connectivity index (χ1n) is 2.66. The van der Waals surface area contributed by atoms with E-state index in [0.29, 0.717) is 10.9 Å². The Morgan fingerprint density at radius 2 is 2.30 bits per heavy atom. The fourth-order valence-electron chi connectivity index (χ4n) is 0.376. The number of amidine groups is 1. The molecule has 0 aliphatic rings. The molecule has 0 aromatic heterocycles. The first-order chi connectivity index (χ1) is 4.52. The Morgan fingerprint density at radius 3 is 2.60 bits per heavy atom. The van der Waals surface area contributed by atoms with Gasteiger partial charge in [-0.05, 0) is 6.92 Å². The molecule has 0 saturated heterocycles. The van der Waals surface area contributed by atoms with Crippen LogP contribution in [0.5, 0.6) is 0 Å². The predicted octanol–water partition coefficient (Wildman–Crippen LogP) is 1.13. The fourth-order valence-corrected chi connectivity index (χ4v) is 0.655. The van der Waals surface area contributed by atoms with Crippen LogP contribution in [0.15, 0.2) is 23.5 Å². The zero-order valence-corrected chi connectivity index (χ0v) is 6.50. The van der Waals surface area contributed by atoms with Crippen LogP contribution in [0, 0.1) is 5.41 Å². The first kappa shape index (κ1) is 9.04. The van der Waals surface area contributed by atoms with Gasteiger partial charge in [-0.15, -0.1) is 0 Å². The monoisotopic (exact) mass is 159 g/mol. The van der Waals surface area contributed by atoms with Crippen LogP contribution in [0.25, 0.3) is 0 Å². The Balaban J connectivity index is 3.95. The smallest absolute Gasteiger partial charge is 0.118 e. The highest BCUT2D eigenvalue weighted by atomic mass is 35.5. The van der Waals surface area contributed by atoms with Crippen molar-refractivity contribution < 1.29 is 0 Å². The van der Waals surface area contributed by atoms with Crippen LogP contribution < -0.4 is 11.1 Å². The molecule has 0 aliphatic carbocycles. The third-order valence-corrected chi connectivity index (χ3v) is 0.819. The van der Waals surface area contributed by atoms with Crippen LogP contribution in [0.2, 0.25) is 0 Å². The van der Waals surface area contributed by atoms with E-state index in [0.717, 1.165) is 0 Å². The number of nitrogens with one attached hydrogen (secondary N) is 2. The highest BCUT2D eigenvalue weighted by molar-refractivity contribution is 6.30. The van der Waals surface area contributed by atoms with Crippen LogP contribution in [0.4, 0.5) is 0 Å². The van der Waals surface area contributed by atoms with Gasteiger partial charge in [0, 0.05) is 11.8 Å². The van der Waals surface area contributed by atoms with Crippen molar-refractivity contribution in [3.8, 4) is 0 Å². The van der Waals surface area contributed by atoms with E-state index in [9.17, 15) is 0 Å². The molecule has 0 heterocycles. The first-order valence-corrected chi connectivity index (χ1v) is 3.04. The summed E-state index contributed by atoms with van der Waals surface area (Å²) in [6.45, 7) is 5.31. The van der Waals surface area contributed by atoms with Crippen molar-refractivity contribution in [1.82, 2.24) is 5.32 Å². The summed E-state index contributed by atoms with van der Waals surface area (Å²) in [4.78, 5) is 0. The van der Waals surface area contributed by atoms with Crippen LogP contribution in [0.1, 0.15) is 6.92 Å². The lowest BCUT2D eigenvalue weighted by Gasteiger charge is -2.00. The minimum atomic E-state index is -0.0845. The second-order valence-electron chi connectivity index (χ2n) is 1.85. The topological polar surface area (TPSA) is 61.9 Å². The minimum Gasteiger partial charge on any atom is -0.384 e. The normalized spacial score (nSPS) is 10.8. The molecule has 4 N–H and O–H groups in total. The standard InChI is InChI=1S/C6H10ClN3/c1-4(2)10-5(7)3-6(8)9/h3,10H,1H2,2H3,(H3,8,9). The SMILES string of the molecule is C=C(C)NC(Cl)=CC(=N)N. The van der Waals surface area contributed by atoms with Gasteiger partial charge in [0.2, 0.25) is 0 Å². The second kappa shape index (κ2) is 3.95. The Kier molecular flexibility index (Phi) is 3.57. The zero-order valence-electron chi connectivity index (χ0n) is 5.74. The molecule has 0 amide bonds. The summed E-state index contributed by atoms with van der Waals surface area (Å²) in [5, 5.41) is 9.81. The molecule has 0 spiro atoms. The third kappa shape index (κ3) is 5.18. The van der Waals surface area contributed by atoms with Gasteiger partial charge >= 0.3 is 0 Å². The summed E-state index contributed by atoms with van der Waals surface area (Å²) in [6.07, 6.45) is 1.30. The van der Waals surface area contributed by atoms with Gasteiger partial charge in [0.25, 0.3) is 0 Å². The van der Waals surface area contributed by atoms with E-state index >= 15 is 0 Å². The second-order valence-corrected chi connectivity index (χ2v) is 2.26. The lowest BCUT2D eigenvalue weighted by Crippen LogP contribution is -2.11. The van der Waals surface area contributed by atoms with Gasteiger partial charge in [0.15, 0.2) is 0 Å². The van der Waals surface area contributed by atoms with Gasteiger partial charge in [0.1, 0.15) is 11.0 Å². The molecule has 0 fully saturated rings. The number of nitrogens with two attached hydrogens (primary N) is 1. The van der Waals surface area contributed by atoms with Crippen molar-refractivity contribution in [3.63, 3.8) is 0 Å². The summed E-state index contributed by atoms with van der Waals surface area (Å²) >= 11 is 5.54. The predicted molar refractivity (Wildman–Crippen MR) is 43.8 cm³/mol. The van der Waals surface area contributed by atoms with Crippen LogP contribution >= 0.6 is 11.6 Å². The van der Waals surface area contributed by atoms with E-state index in [-0.39, 0.29) is 5.84 Å². The molecule has 4 heteroatoms. The van der Waals surface area contributed by atoms with E-state index in [2.05, 4.69) is 11.9 Å². The Labute approximate surface area is 65.1 Å². The lowest BCUT2D eigenvalue weighted by molar-refractivity contribution is 1.05. The zero-order chi connectivity index (χ0) is 8.15. The maximum atomic E-state index is 6.82.